The Morgan fingerprint density at radius 2 is 1.27 bits per heavy atom. The van der Waals surface area contributed by atoms with Crippen LogP contribution in [0.3, 0.4) is 0 Å². The monoisotopic (exact) mass is 415 g/mol. The van der Waals surface area contributed by atoms with Gasteiger partial charge in [-0.3, -0.25) is 0 Å². The van der Waals surface area contributed by atoms with Crippen molar-refractivity contribution in [2.75, 3.05) is 0 Å². The molecule has 1 aliphatic heterocycles. The van der Waals surface area contributed by atoms with Gasteiger partial charge in [-0.15, -0.1) is 0 Å². The van der Waals surface area contributed by atoms with E-state index in [0.717, 1.165) is 11.5 Å². The lowest BCUT2D eigenvalue weighted by Gasteiger charge is -2.34. The second kappa shape index (κ2) is 8.00. The maximum absolute atomic E-state index is 6.50. The average Bonchev–Trinajstić information content (AvgIpc) is 3.06. The van der Waals surface area contributed by atoms with Gasteiger partial charge in [0.15, 0.2) is 0 Å². The zero-order valence-corrected chi connectivity index (χ0v) is 19.4. The molecule has 0 saturated carbocycles. The third-order valence-corrected chi connectivity index (χ3v) is 7.99. The molecule has 154 valence electrons. The zero-order chi connectivity index (χ0) is 21.4. The summed E-state index contributed by atoms with van der Waals surface area (Å²) in [5.74, 6) is 0.773. The Morgan fingerprint density at radius 3 is 1.77 bits per heavy atom. The zero-order valence-electron chi connectivity index (χ0n) is 18.5. The highest BCUT2D eigenvalue weighted by atomic mass is 31.1. The van der Waals surface area contributed by atoms with Gasteiger partial charge in [0.25, 0.3) is 0 Å². The fourth-order valence-corrected chi connectivity index (χ4v) is 6.84. The van der Waals surface area contributed by atoms with Gasteiger partial charge in [0.05, 0.1) is 6.04 Å². The van der Waals surface area contributed by atoms with Crippen LogP contribution in [0.1, 0.15) is 40.2 Å². The molecular formula is C27H30NOP. The van der Waals surface area contributed by atoms with Crippen LogP contribution in [-0.4, -0.2) is 17.5 Å². The number of benzene rings is 3. The molecule has 2 nitrogen and oxygen atoms in total. The van der Waals surface area contributed by atoms with Gasteiger partial charge in [-0.1, -0.05) is 99.6 Å². The topological polar surface area (TPSA) is 21.6 Å². The van der Waals surface area contributed by atoms with E-state index in [1.807, 2.05) is 0 Å². The number of rotatable bonds is 4. The van der Waals surface area contributed by atoms with Crippen LogP contribution in [0.4, 0.5) is 0 Å². The minimum absolute atomic E-state index is 0.0315. The van der Waals surface area contributed by atoms with E-state index in [9.17, 15) is 0 Å². The molecule has 0 saturated heterocycles. The standard InChI is InChI=1S/C27H30NOP/c1-26(2,3)25-27(4,5)29-24(28-25)22-18-12-13-19-23(22)30(20-14-8-6-9-15-20)21-16-10-7-11-17-21/h6-19,25H,1-5H3/t25-/m1/s1. The molecule has 0 amide bonds. The quantitative estimate of drug-likeness (QED) is 0.522. The van der Waals surface area contributed by atoms with E-state index in [1.165, 1.54) is 15.9 Å². The molecular weight excluding hydrogens is 385 g/mol. The summed E-state index contributed by atoms with van der Waals surface area (Å²) in [5, 5.41) is 3.95. The Balaban J connectivity index is 1.86. The second-order valence-electron chi connectivity index (χ2n) is 9.43. The van der Waals surface area contributed by atoms with Crippen molar-refractivity contribution in [3.63, 3.8) is 0 Å². The van der Waals surface area contributed by atoms with Crippen molar-refractivity contribution in [3.05, 3.63) is 90.5 Å². The smallest absolute Gasteiger partial charge is 0.217 e. The summed E-state index contributed by atoms with van der Waals surface area (Å²) in [6, 6.07) is 30.3. The van der Waals surface area contributed by atoms with Gasteiger partial charge in [0, 0.05) is 5.56 Å². The minimum Gasteiger partial charge on any atom is -0.469 e. The lowest BCUT2D eigenvalue weighted by molar-refractivity contribution is 0.0560. The molecule has 3 heteroatoms. The third kappa shape index (κ3) is 4.07. The van der Waals surface area contributed by atoms with Gasteiger partial charge >= 0.3 is 0 Å². The SMILES string of the molecule is CC(C)(C)[C@H]1N=C(c2ccccc2P(c2ccccc2)c2ccccc2)OC1(C)C. The summed E-state index contributed by atoms with van der Waals surface area (Å²) < 4.78 is 6.50. The van der Waals surface area contributed by atoms with Gasteiger partial charge in [0.1, 0.15) is 5.60 Å². The predicted octanol–water partition coefficient (Wildman–Crippen LogP) is 5.41. The maximum Gasteiger partial charge on any atom is 0.217 e. The first-order valence-corrected chi connectivity index (χ1v) is 11.9. The number of aliphatic imine (C=N–C) groups is 1. The molecule has 30 heavy (non-hydrogen) atoms. The fraction of sp³-hybridized carbons (Fsp3) is 0.296. The summed E-state index contributed by atoms with van der Waals surface area (Å²) in [5.41, 5.74) is 0.809. The first-order valence-electron chi connectivity index (χ1n) is 10.5. The predicted molar refractivity (Wildman–Crippen MR) is 130 cm³/mol. The Labute approximate surface area is 181 Å². The van der Waals surface area contributed by atoms with Crippen molar-refractivity contribution in [2.24, 2.45) is 10.4 Å². The Hall–Kier alpha value is -2.44. The van der Waals surface area contributed by atoms with E-state index >= 15 is 0 Å². The van der Waals surface area contributed by atoms with Crippen LogP contribution in [0.2, 0.25) is 0 Å². The van der Waals surface area contributed by atoms with Crippen LogP contribution >= 0.6 is 7.92 Å². The van der Waals surface area contributed by atoms with E-state index in [-0.39, 0.29) is 17.1 Å². The summed E-state index contributed by atoms with van der Waals surface area (Å²) in [4.78, 5) is 5.12. The summed E-state index contributed by atoms with van der Waals surface area (Å²) in [6.07, 6.45) is 0. The van der Waals surface area contributed by atoms with E-state index in [4.69, 9.17) is 9.73 Å². The lowest BCUT2D eigenvalue weighted by Crippen LogP contribution is -2.42. The summed E-state index contributed by atoms with van der Waals surface area (Å²) >= 11 is 0. The van der Waals surface area contributed by atoms with E-state index < -0.39 is 7.92 Å². The molecule has 4 rings (SSSR count). The molecule has 3 aromatic carbocycles. The number of ether oxygens (including phenoxy) is 1. The third-order valence-electron chi connectivity index (χ3n) is 5.49. The van der Waals surface area contributed by atoms with Crippen molar-refractivity contribution in [2.45, 2.75) is 46.3 Å². The van der Waals surface area contributed by atoms with Gasteiger partial charge in [-0.25, -0.2) is 4.99 Å². The summed E-state index contributed by atoms with van der Waals surface area (Å²) in [6.45, 7) is 11.0. The highest BCUT2D eigenvalue weighted by Gasteiger charge is 2.45. The van der Waals surface area contributed by atoms with Crippen LogP contribution < -0.4 is 15.9 Å². The van der Waals surface area contributed by atoms with Crippen molar-refractivity contribution in [1.82, 2.24) is 0 Å². The fourth-order valence-electron chi connectivity index (χ4n) is 4.40. The molecule has 1 heterocycles. The molecule has 1 atom stereocenters. The van der Waals surface area contributed by atoms with Crippen LogP contribution in [0.25, 0.3) is 0 Å². The van der Waals surface area contributed by atoms with Crippen LogP contribution in [0.15, 0.2) is 89.9 Å². The number of hydrogen-bond acceptors (Lipinski definition) is 2. The van der Waals surface area contributed by atoms with Gasteiger partial charge in [0.2, 0.25) is 5.90 Å². The molecule has 0 bridgehead atoms. The van der Waals surface area contributed by atoms with Crippen LogP contribution in [-0.2, 0) is 4.74 Å². The molecule has 0 spiro atoms. The molecule has 0 unspecified atom stereocenters. The minimum atomic E-state index is -0.717. The van der Waals surface area contributed by atoms with Crippen molar-refractivity contribution < 1.29 is 4.74 Å². The molecule has 0 aliphatic carbocycles. The molecule has 3 aromatic rings. The first-order chi connectivity index (χ1) is 14.3. The van der Waals surface area contributed by atoms with Crippen LogP contribution in [0, 0.1) is 5.41 Å². The number of hydrogen-bond donors (Lipinski definition) is 0. The number of nitrogens with zero attached hydrogens (tertiary/aromatic N) is 1. The Morgan fingerprint density at radius 1 is 0.767 bits per heavy atom. The lowest BCUT2D eigenvalue weighted by atomic mass is 9.78. The normalized spacial score (nSPS) is 18.2. The summed E-state index contributed by atoms with van der Waals surface area (Å²) in [7, 11) is -0.717. The first kappa shape index (κ1) is 20.8. The van der Waals surface area contributed by atoms with Crippen molar-refractivity contribution in [1.29, 1.82) is 0 Å². The van der Waals surface area contributed by atoms with Crippen LogP contribution in [0.5, 0.6) is 0 Å². The van der Waals surface area contributed by atoms with Gasteiger partial charge in [-0.2, -0.15) is 0 Å². The average molecular weight is 416 g/mol. The molecule has 0 radical (unpaired) electrons. The second-order valence-corrected chi connectivity index (χ2v) is 11.6. The van der Waals surface area contributed by atoms with E-state index in [0.29, 0.717) is 0 Å². The molecule has 0 fully saturated rings. The van der Waals surface area contributed by atoms with Crippen molar-refractivity contribution >= 4 is 29.7 Å². The largest absolute Gasteiger partial charge is 0.469 e. The highest BCUT2D eigenvalue weighted by molar-refractivity contribution is 7.80. The Bertz CT molecular complexity index is 996. The van der Waals surface area contributed by atoms with Gasteiger partial charge < -0.3 is 4.74 Å². The highest BCUT2D eigenvalue weighted by Crippen LogP contribution is 2.40. The van der Waals surface area contributed by atoms with E-state index in [1.54, 1.807) is 0 Å². The maximum atomic E-state index is 6.50. The van der Waals surface area contributed by atoms with Crippen molar-refractivity contribution in [3.8, 4) is 0 Å². The Kier molecular flexibility index (Phi) is 5.55. The van der Waals surface area contributed by atoms with Gasteiger partial charge in [-0.05, 0) is 49.2 Å². The molecule has 0 aromatic heterocycles. The van der Waals surface area contributed by atoms with E-state index in [2.05, 4.69) is 120 Å². The molecule has 0 N–H and O–H groups in total. The molecule has 1 aliphatic rings.